The standard InChI is InChI=1S/C26H18ClFN4O4S/c1-31-7-8-36-19-5-4-13(9-18(19)31)23(33)21-22(14-3-2-6-29-12-14)32(25(35)24(21)34)26-30-17-10-15(27)16(28)11-20(17)37-26/h2-6,9-12,22,33H,7-8H2,1H3/b23-21+. The highest BCUT2D eigenvalue weighted by atomic mass is 35.5. The van der Waals surface area contributed by atoms with E-state index < -0.39 is 23.5 Å². The van der Waals surface area contributed by atoms with Crippen LogP contribution in [0.4, 0.5) is 15.2 Å². The van der Waals surface area contributed by atoms with Gasteiger partial charge in [-0.2, -0.15) is 0 Å². The van der Waals surface area contributed by atoms with Gasteiger partial charge in [0.1, 0.15) is 23.9 Å². The van der Waals surface area contributed by atoms with Crippen molar-refractivity contribution >= 4 is 61.4 Å². The summed E-state index contributed by atoms with van der Waals surface area (Å²) in [5.41, 5.74) is 1.91. The van der Waals surface area contributed by atoms with E-state index in [0.717, 1.165) is 17.0 Å². The molecule has 4 aromatic rings. The first-order chi connectivity index (χ1) is 17.8. The lowest BCUT2D eigenvalue weighted by atomic mass is 9.96. The van der Waals surface area contributed by atoms with Crippen LogP contribution in [0.2, 0.25) is 5.02 Å². The second kappa shape index (κ2) is 8.82. The number of aromatic nitrogens is 2. The topological polar surface area (TPSA) is 95.9 Å². The van der Waals surface area contributed by atoms with Crippen LogP contribution in [0.1, 0.15) is 17.2 Å². The Kier molecular flexibility index (Phi) is 5.58. The van der Waals surface area contributed by atoms with Crippen LogP contribution in [0, 0.1) is 5.82 Å². The molecule has 37 heavy (non-hydrogen) atoms. The second-order valence-corrected chi connectivity index (χ2v) is 10.1. The Morgan fingerprint density at radius 1 is 1.24 bits per heavy atom. The fourth-order valence-corrected chi connectivity index (χ4v) is 5.71. The molecule has 0 radical (unpaired) electrons. The van der Waals surface area contributed by atoms with Crippen LogP contribution in [-0.4, -0.2) is 47.0 Å². The smallest absolute Gasteiger partial charge is 0.301 e. The van der Waals surface area contributed by atoms with Gasteiger partial charge in [0.25, 0.3) is 5.78 Å². The Labute approximate surface area is 219 Å². The molecule has 1 saturated heterocycles. The van der Waals surface area contributed by atoms with Gasteiger partial charge in [0.2, 0.25) is 0 Å². The molecule has 0 spiro atoms. The molecule has 11 heteroatoms. The molecule has 1 unspecified atom stereocenters. The number of carbonyl (C=O) groups excluding carboxylic acids is 2. The maximum absolute atomic E-state index is 14.1. The first kappa shape index (κ1) is 23.4. The third-order valence-corrected chi connectivity index (χ3v) is 7.70. The maximum atomic E-state index is 14.1. The molecule has 0 aliphatic carbocycles. The van der Waals surface area contributed by atoms with Crippen LogP contribution in [0.25, 0.3) is 16.0 Å². The third kappa shape index (κ3) is 3.80. The Morgan fingerprint density at radius 2 is 2.08 bits per heavy atom. The van der Waals surface area contributed by atoms with Gasteiger partial charge in [-0.25, -0.2) is 9.37 Å². The van der Waals surface area contributed by atoms with E-state index >= 15 is 0 Å². The van der Waals surface area contributed by atoms with Crippen molar-refractivity contribution in [1.29, 1.82) is 0 Å². The number of hydrogen-bond acceptors (Lipinski definition) is 8. The van der Waals surface area contributed by atoms with Crippen molar-refractivity contribution in [2.75, 3.05) is 30.0 Å². The number of fused-ring (bicyclic) bond motifs is 2. The number of thiazole rings is 1. The summed E-state index contributed by atoms with van der Waals surface area (Å²) in [6, 6.07) is 10.1. The van der Waals surface area contributed by atoms with Crippen molar-refractivity contribution in [1.82, 2.24) is 9.97 Å². The number of ether oxygens (including phenoxy) is 1. The lowest BCUT2D eigenvalue weighted by Gasteiger charge is -2.28. The molecular weight excluding hydrogens is 519 g/mol. The minimum Gasteiger partial charge on any atom is -0.507 e. The molecule has 186 valence electrons. The molecule has 0 saturated carbocycles. The van der Waals surface area contributed by atoms with Crippen molar-refractivity contribution < 1.29 is 23.8 Å². The summed E-state index contributed by atoms with van der Waals surface area (Å²) in [6.07, 6.45) is 3.09. The number of rotatable bonds is 3. The quantitative estimate of drug-likeness (QED) is 0.225. The number of Topliss-reactive ketones (excluding diaryl/α,β-unsaturated/α-hetero) is 1. The molecule has 8 nitrogen and oxygen atoms in total. The average Bonchev–Trinajstić information content (AvgIpc) is 3.41. The summed E-state index contributed by atoms with van der Waals surface area (Å²) in [5, 5.41) is 11.5. The number of halogens is 2. The highest BCUT2D eigenvalue weighted by Crippen LogP contribution is 2.45. The number of benzene rings is 2. The molecule has 1 atom stereocenters. The van der Waals surface area contributed by atoms with E-state index in [1.54, 1.807) is 36.5 Å². The van der Waals surface area contributed by atoms with Crippen LogP contribution < -0.4 is 14.5 Å². The number of ketones is 1. The summed E-state index contributed by atoms with van der Waals surface area (Å²) in [5.74, 6) is -2.00. The van der Waals surface area contributed by atoms with Crippen molar-refractivity contribution in [2.45, 2.75) is 6.04 Å². The van der Waals surface area contributed by atoms with Gasteiger partial charge in [-0.1, -0.05) is 29.0 Å². The van der Waals surface area contributed by atoms with Crippen molar-refractivity contribution in [2.24, 2.45) is 0 Å². The zero-order valence-electron chi connectivity index (χ0n) is 19.3. The number of amides is 1. The van der Waals surface area contributed by atoms with E-state index in [1.165, 1.54) is 23.2 Å². The van der Waals surface area contributed by atoms with Gasteiger partial charge >= 0.3 is 5.91 Å². The second-order valence-electron chi connectivity index (χ2n) is 8.64. The molecule has 2 aliphatic heterocycles. The number of hydrogen-bond donors (Lipinski definition) is 1. The minimum absolute atomic E-state index is 0.0965. The molecule has 2 aliphatic rings. The van der Waals surface area contributed by atoms with Gasteiger partial charge in [0, 0.05) is 25.0 Å². The molecule has 6 rings (SSSR count). The van der Waals surface area contributed by atoms with Crippen molar-refractivity contribution in [3.63, 3.8) is 0 Å². The highest BCUT2D eigenvalue weighted by Gasteiger charge is 2.48. The van der Waals surface area contributed by atoms with Crippen LogP contribution in [0.3, 0.4) is 0 Å². The summed E-state index contributed by atoms with van der Waals surface area (Å²) >= 11 is 6.97. The number of carbonyl (C=O) groups is 2. The fourth-order valence-electron chi connectivity index (χ4n) is 4.55. The van der Waals surface area contributed by atoms with E-state index in [2.05, 4.69) is 9.97 Å². The van der Waals surface area contributed by atoms with E-state index in [4.69, 9.17) is 16.3 Å². The molecular formula is C26H18ClFN4O4S. The monoisotopic (exact) mass is 536 g/mol. The van der Waals surface area contributed by atoms with Crippen LogP contribution >= 0.6 is 22.9 Å². The average molecular weight is 537 g/mol. The first-order valence-electron chi connectivity index (χ1n) is 11.3. The normalized spacial score (nSPS) is 18.8. The lowest BCUT2D eigenvalue weighted by Crippen LogP contribution is -2.29. The molecule has 1 fully saturated rings. The van der Waals surface area contributed by atoms with Crippen LogP contribution in [0.15, 0.2) is 60.4 Å². The molecule has 4 heterocycles. The van der Waals surface area contributed by atoms with Crippen LogP contribution in [0.5, 0.6) is 5.75 Å². The molecule has 1 N–H and O–H groups in total. The highest BCUT2D eigenvalue weighted by molar-refractivity contribution is 7.22. The van der Waals surface area contributed by atoms with Gasteiger partial charge in [-0.05, 0) is 42.0 Å². The summed E-state index contributed by atoms with van der Waals surface area (Å²) in [7, 11) is 1.90. The van der Waals surface area contributed by atoms with E-state index in [-0.39, 0.29) is 21.5 Å². The Bertz CT molecular complexity index is 1580. The number of anilines is 2. The molecule has 1 amide bonds. The van der Waals surface area contributed by atoms with Gasteiger partial charge in [0.05, 0.1) is 39.1 Å². The SMILES string of the molecule is CN1CCOc2ccc(/C(O)=C3\C(=O)C(=O)N(c4nc5cc(Cl)c(F)cc5s4)C3c3cccnc3)cc21. The van der Waals surface area contributed by atoms with E-state index in [1.807, 2.05) is 11.9 Å². The van der Waals surface area contributed by atoms with Gasteiger partial charge in [0.15, 0.2) is 5.13 Å². The lowest BCUT2D eigenvalue weighted by molar-refractivity contribution is -0.132. The molecule has 2 aromatic carbocycles. The molecule has 2 aromatic heterocycles. The zero-order chi connectivity index (χ0) is 25.8. The largest absolute Gasteiger partial charge is 0.507 e. The Morgan fingerprint density at radius 3 is 2.86 bits per heavy atom. The number of pyridine rings is 1. The van der Waals surface area contributed by atoms with E-state index in [9.17, 15) is 19.1 Å². The zero-order valence-corrected chi connectivity index (χ0v) is 20.9. The van der Waals surface area contributed by atoms with Crippen LogP contribution in [-0.2, 0) is 9.59 Å². The minimum atomic E-state index is -1.00. The Balaban J connectivity index is 1.53. The summed E-state index contributed by atoms with van der Waals surface area (Å²) in [4.78, 5) is 38.6. The van der Waals surface area contributed by atoms with Gasteiger partial charge in [-0.3, -0.25) is 19.5 Å². The number of aliphatic hydroxyl groups excluding tert-OH is 1. The predicted molar refractivity (Wildman–Crippen MR) is 139 cm³/mol. The summed E-state index contributed by atoms with van der Waals surface area (Å²) < 4.78 is 20.2. The number of likely N-dealkylation sites (N-methyl/N-ethyl adjacent to an activating group) is 1. The number of nitrogens with zero attached hydrogens (tertiary/aromatic N) is 4. The Hall–Kier alpha value is -4.02. The van der Waals surface area contributed by atoms with Gasteiger partial charge < -0.3 is 14.7 Å². The maximum Gasteiger partial charge on any atom is 0.301 e. The molecule has 0 bridgehead atoms. The summed E-state index contributed by atoms with van der Waals surface area (Å²) in [6.45, 7) is 1.21. The predicted octanol–water partition coefficient (Wildman–Crippen LogP) is 4.94. The third-order valence-electron chi connectivity index (χ3n) is 6.40. The van der Waals surface area contributed by atoms with Gasteiger partial charge in [-0.15, -0.1) is 0 Å². The van der Waals surface area contributed by atoms with E-state index in [0.29, 0.717) is 40.2 Å². The number of aliphatic hydroxyl groups is 1. The van der Waals surface area contributed by atoms with Crippen molar-refractivity contribution in [3.05, 3.63) is 82.4 Å². The fraction of sp³-hybridized carbons (Fsp3) is 0.154. The first-order valence-corrected chi connectivity index (χ1v) is 12.5. The van der Waals surface area contributed by atoms with Crippen molar-refractivity contribution in [3.8, 4) is 5.75 Å².